The summed E-state index contributed by atoms with van der Waals surface area (Å²) < 4.78 is 8.97. The number of aromatic nitrogens is 1. The molecule has 0 aliphatic heterocycles. The van der Waals surface area contributed by atoms with Crippen LogP contribution in [-0.4, -0.2) is 23.5 Å². The van der Waals surface area contributed by atoms with E-state index in [-0.39, 0.29) is 5.82 Å². The third kappa shape index (κ3) is 4.09. The average Bonchev–Trinajstić information content (AvgIpc) is 2.82. The van der Waals surface area contributed by atoms with Crippen molar-refractivity contribution in [2.24, 2.45) is 0 Å². The Morgan fingerprint density at radius 1 is 1.43 bits per heavy atom. The van der Waals surface area contributed by atoms with Crippen molar-refractivity contribution in [3.8, 4) is 0 Å². The van der Waals surface area contributed by atoms with Crippen molar-refractivity contribution in [3.05, 3.63) is 40.4 Å². The number of halogens is 1. The van der Waals surface area contributed by atoms with Crippen LogP contribution in [0.25, 0.3) is 0 Å². The van der Waals surface area contributed by atoms with Crippen molar-refractivity contribution in [2.45, 2.75) is 13.3 Å². The first-order chi connectivity index (χ1) is 10.1. The fourth-order valence-corrected chi connectivity index (χ4v) is 2.65. The number of nitrogens with two attached hydrogens (primary N) is 1. The first-order valence-corrected chi connectivity index (χ1v) is 7.67. The SMILES string of the molecule is CCOC(=O)c1c(N)nsc1NCCc1ccc(Cl)cc1. The molecular formula is C14H16ClN3O2S. The van der Waals surface area contributed by atoms with E-state index in [1.54, 1.807) is 6.92 Å². The molecule has 0 aliphatic rings. The van der Waals surface area contributed by atoms with Gasteiger partial charge in [-0.3, -0.25) is 0 Å². The molecule has 1 aromatic heterocycles. The maximum atomic E-state index is 11.8. The Morgan fingerprint density at radius 3 is 2.81 bits per heavy atom. The van der Waals surface area contributed by atoms with Gasteiger partial charge >= 0.3 is 5.97 Å². The number of nitrogens with one attached hydrogen (secondary N) is 1. The molecule has 0 aliphatic carbocycles. The maximum absolute atomic E-state index is 11.8. The number of nitrogen functional groups attached to an aromatic ring is 1. The fourth-order valence-electron chi connectivity index (χ4n) is 1.80. The quantitative estimate of drug-likeness (QED) is 0.797. The third-order valence-electron chi connectivity index (χ3n) is 2.81. The lowest BCUT2D eigenvalue weighted by molar-refractivity contribution is 0.0529. The van der Waals surface area contributed by atoms with Gasteiger partial charge in [0, 0.05) is 11.6 Å². The van der Waals surface area contributed by atoms with E-state index in [1.807, 2.05) is 24.3 Å². The van der Waals surface area contributed by atoms with Crippen LogP contribution in [0.2, 0.25) is 5.02 Å². The average molecular weight is 326 g/mol. The minimum atomic E-state index is -0.447. The number of rotatable bonds is 6. The maximum Gasteiger partial charge on any atom is 0.344 e. The molecule has 3 N–H and O–H groups in total. The molecule has 0 atom stereocenters. The molecule has 112 valence electrons. The van der Waals surface area contributed by atoms with Crippen molar-refractivity contribution < 1.29 is 9.53 Å². The molecule has 0 amide bonds. The molecule has 5 nitrogen and oxygen atoms in total. The van der Waals surface area contributed by atoms with Crippen LogP contribution in [-0.2, 0) is 11.2 Å². The number of carbonyl (C=O) groups is 1. The number of esters is 1. The van der Waals surface area contributed by atoms with E-state index in [0.29, 0.717) is 28.7 Å². The minimum absolute atomic E-state index is 0.201. The smallest absolute Gasteiger partial charge is 0.344 e. The van der Waals surface area contributed by atoms with Crippen LogP contribution in [0.3, 0.4) is 0 Å². The lowest BCUT2D eigenvalue weighted by Crippen LogP contribution is -2.11. The Kier molecular flexibility index (Phi) is 5.41. The van der Waals surface area contributed by atoms with E-state index in [1.165, 1.54) is 0 Å². The summed E-state index contributed by atoms with van der Waals surface area (Å²) in [7, 11) is 0. The Balaban J connectivity index is 1.97. The molecule has 0 saturated carbocycles. The number of benzene rings is 1. The van der Waals surface area contributed by atoms with Crippen LogP contribution >= 0.6 is 23.1 Å². The summed E-state index contributed by atoms with van der Waals surface area (Å²) in [6, 6.07) is 7.64. The first-order valence-electron chi connectivity index (χ1n) is 6.52. The monoisotopic (exact) mass is 325 g/mol. The number of nitrogens with zero attached hydrogens (tertiary/aromatic N) is 1. The van der Waals surface area contributed by atoms with Gasteiger partial charge in [0.05, 0.1) is 6.61 Å². The normalized spacial score (nSPS) is 10.4. The Labute approximate surface area is 132 Å². The summed E-state index contributed by atoms with van der Waals surface area (Å²) in [6.07, 6.45) is 0.803. The summed E-state index contributed by atoms with van der Waals surface area (Å²) >= 11 is 7.00. The number of carbonyl (C=O) groups excluding carboxylic acids is 1. The molecule has 0 bridgehead atoms. The second-order valence-corrected chi connectivity index (χ2v) is 5.51. The summed E-state index contributed by atoms with van der Waals surface area (Å²) in [5, 5.41) is 4.53. The Morgan fingerprint density at radius 2 is 2.14 bits per heavy atom. The van der Waals surface area contributed by atoms with E-state index in [4.69, 9.17) is 22.1 Å². The van der Waals surface area contributed by atoms with Crippen LogP contribution in [0.5, 0.6) is 0 Å². The summed E-state index contributed by atoms with van der Waals surface area (Å²) in [5.74, 6) is -0.245. The highest BCUT2D eigenvalue weighted by Crippen LogP contribution is 2.27. The van der Waals surface area contributed by atoms with Crippen LogP contribution in [0, 0.1) is 0 Å². The summed E-state index contributed by atoms with van der Waals surface area (Å²) in [4.78, 5) is 11.8. The molecule has 0 unspecified atom stereocenters. The largest absolute Gasteiger partial charge is 0.462 e. The number of hydrogen-bond acceptors (Lipinski definition) is 6. The Hall–Kier alpha value is -1.79. The second-order valence-electron chi connectivity index (χ2n) is 4.30. The van der Waals surface area contributed by atoms with E-state index >= 15 is 0 Å². The zero-order valence-electron chi connectivity index (χ0n) is 11.6. The van der Waals surface area contributed by atoms with Gasteiger partial charge < -0.3 is 15.8 Å². The summed E-state index contributed by atoms with van der Waals surface area (Å²) in [6.45, 7) is 2.72. The van der Waals surface area contributed by atoms with Gasteiger partial charge in [-0.2, -0.15) is 4.37 Å². The van der Waals surface area contributed by atoms with Crippen molar-refractivity contribution in [3.63, 3.8) is 0 Å². The van der Waals surface area contributed by atoms with Gasteiger partial charge in [0.15, 0.2) is 5.82 Å². The predicted molar refractivity (Wildman–Crippen MR) is 86.1 cm³/mol. The van der Waals surface area contributed by atoms with Crippen LogP contribution in [0.1, 0.15) is 22.8 Å². The lowest BCUT2D eigenvalue weighted by atomic mass is 10.1. The van der Waals surface area contributed by atoms with E-state index in [0.717, 1.165) is 23.5 Å². The Bertz CT molecular complexity index is 613. The van der Waals surface area contributed by atoms with Gasteiger partial charge in [0.25, 0.3) is 0 Å². The van der Waals surface area contributed by atoms with Crippen molar-refractivity contribution in [1.29, 1.82) is 0 Å². The summed E-state index contributed by atoms with van der Waals surface area (Å²) in [5.41, 5.74) is 7.19. The molecule has 7 heteroatoms. The fraction of sp³-hybridized carbons (Fsp3) is 0.286. The zero-order valence-corrected chi connectivity index (χ0v) is 13.1. The van der Waals surface area contributed by atoms with Crippen LogP contribution in [0.4, 0.5) is 10.8 Å². The highest BCUT2D eigenvalue weighted by atomic mass is 35.5. The van der Waals surface area contributed by atoms with Crippen molar-refractivity contribution in [1.82, 2.24) is 4.37 Å². The van der Waals surface area contributed by atoms with Gasteiger partial charge in [0.2, 0.25) is 0 Å². The van der Waals surface area contributed by atoms with Crippen LogP contribution < -0.4 is 11.1 Å². The molecule has 2 rings (SSSR count). The van der Waals surface area contributed by atoms with Crippen molar-refractivity contribution >= 4 is 39.9 Å². The molecule has 0 fully saturated rings. The molecule has 0 radical (unpaired) electrons. The predicted octanol–water partition coefficient (Wildman–Crippen LogP) is 3.21. The minimum Gasteiger partial charge on any atom is -0.462 e. The van der Waals surface area contributed by atoms with E-state index in [2.05, 4.69) is 9.69 Å². The molecule has 0 saturated heterocycles. The highest BCUT2D eigenvalue weighted by molar-refractivity contribution is 7.11. The molecule has 1 heterocycles. The standard InChI is InChI=1S/C14H16ClN3O2S/c1-2-20-14(19)11-12(16)18-21-13(11)17-8-7-9-3-5-10(15)6-4-9/h3-6,17H,2,7-8H2,1H3,(H2,16,18). The molecular weight excluding hydrogens is 310 g/mol. The van der Waals surface area contributed by atoms with Gasteiger partial charge in [-0.05, 0) is 42.6 Å². The van der Waals surface area contributed by atoms with Crippen LogP contribution in [0.15, 0.2) is 24.3 Å². The second kappa shape index (κ2) is 7.28. The first kappa shape index (κ1) is 15.6. The number of hydrogen-bond donors (Lipinski definition) is 2. The van der Waals surface area contributed by atoms with E-state index < -0.39 is 5.97 Å². The number of anilines is 2. The molecule has 2 aromatic rings. The third-order valence-corrected chi connectivity index (χ3v) is 3.88. The molecule has 1 aromatic carbocycles. The zero-order chi connectivity index (χ0) is 15.2. The van der Waals surface area contributed by atoms with Gasteiger partial charge in [0.1, 0.15) is 10.6 Å². The molecule has 0 spiro atoms. The van der Waals surface area contributed by atoms with Gasteiger partial charge in [-0.25, -0.2) is 4.79 Å². The highest BCUT2D eigenvalue weighted by Gasteiger charge is 2.20. The number of ether oxygens (including phenoxy) is 1. The van der Waals surface area contributed by atoms with Gasteiger partial charge in [-0.1, -0.05) is 23.7 Å². The van der Waals surface area contributed by atoms with Crippen molar-refractivity contribution in [2.75, 3.05) is 24.2 Å². The van der Waals surface area contributed by atoms with E-state index in [9.17, 15) is 4.79 Å². The topological polar surface area (TPSA) is 77.2 Å². The lowest BCUT2D eigenvalue weighted by Gasteiger charge is -2.07. The molecule has 21 heavy (non-hydrogen) atoms. The van der Waals surface area contributed by atoms with Gasteiger partial charge in [-0.15, -0.1) is 0 Å².